The molecular formula is C25H26N4O6. The van der Waals surface area contributed by atoms with Gasteiger partial charge in [0.05, 0.1) is 0 Å². The van der Waals surface area contributed by atoms with Crippen LogP contribution in [0.25, 0.3) is 0 Å². The molecule has 5 amide bonds. The molecule has 2 aromatic carbocycles. The number of rotatable bonds is 4. The van der Waals surface area contributed by atoms with E-state index in [9.17, 15) is 19.2 Å². The highest BCUT2D eigenvalue weighted by atomic mass is 16.6. The fraction of sp³-hybridized carbons (Fsp3) is 0.360. The number of benzene rings is 2. The maximum Gasteiger partial charge on any atom is 0.325 e. The molecule has 10 nitrogen and oxygen atoms in total. The number of hydrogen-bond donors (Lipinski definition) is 1. The lowest BCUT2D eigenvalue weighted by Crippen LogP contribution is -2.56. The summed E-state index contributed by atoms with van der Waals surface area (Å²) < 4.78 is 11.4. The monoisotopic (exact) mass is 478 g/mol. The fourth-order valence-corrected chi connectivity index (χ4v) is 4.56. The first-order valence-corrected chi connectivity index (χ1v) is 11.5. The molecule has 35 heavy (non-hydrogen) atoms. The van der Waals surface area contributed by atoms with E-state index in [0.717, 1.165) is 4.90 Å². The van der Waals surface area contributed by atoms with Crippen molar-refractivity contribution in [3.63, 3.8) is 0 Å². The molecule has 1 N–H and O–H groups in total. The summed E-state index contributed by atoms with van der Waals surface area (Å²) in [4.78, 5) is 55.6. The standard InChI is InChI=1S/C25H26N4O6/c1-25(17-7-3-2-4-8-17)23(32)29(24(33)26-25)15-21(30)27-11-13-28(14-12-27)22(31)20-16-34-18-9-5-6-10-19(18)35-20/h2-10,20H,11-16H2,1H3,(H,26,33). The van der Waals surface area contributed by atoms with Crippen molar-refractivity contribution < 1.29 is 28.7 Å². The quantitative estimate of drug-likeness (QED) is 0.656. The molecule has 0 bridgehead atoms. The van der Waals surface area contributed by atoms with Gasteiger partial charge in [-0.05, 0) is 24.6 Å². The summed E-state index contributed by atoms with van der Waals surface area (Å²) in [6.45, 7) is 2.66. The third kappa shape index (κ3) is 4.16. The molecule has 0 spiro atoms. The number of ether oxygens (including phenoxy) is 2. The van der Waals surface area contributed by atoms with Gasteiger partial charge in [0.2, 0.25) is 12.0 Å². The Kier molecular flexibility index (Phi) is 5.80. The van der Waals surface area contributed by atoms with Crippen LogP contribution in [0.3, 0.4) is 0 Å². The molecule has 0 aliphatic carbocycles. The first-order valence-electron chi connectivity index (χ1n) is 11.5. The van der Waals surface area contributed by atoms with Crippen LogP contribution in [-0.2, 0) is 19.9 Å². The number of para-hydroxylation sites is 2. The summed E-state index contributed by atoms with van der Waals surface area (Å²) in [5, 5.41) is 2.71. The number of fused-ring (bicyclic) bond motifs is 1. The molecule has 3 heterocycles. The first kappa shape index (κ1) is 22.7. The summed E-state index contributed by atoms with van der Waals surface area (Å²) in [5.74, 6) is 0.131. The van der Waals surface area contributed by atoms with Gasteiger partial charge in [-0.15, -0.1) is 0 Å². The maximum atomic E-state index is 13.1. The SMILES string of the molecule is CC1(c2ccccc2)NC(=O)N(CC(=O)N2CCN(C(=O)C3COc4ccccc4O3)CC2)C1=O. The third-order valence-electron chi connectivity index (χ3n) is 6.65. The van der Waals surface area contributed by atoms with Crippen molar-refractivity contribution in [2.24, 2.45) is 0 Å². The molecule has 2 unspecified atom stereocenters. The third-order valence-corrected chi connectivity index (χ3v) is 6.65. The molecule has 2 saturated heterocycles. The van der Waals surface area contributed by atoms with Gasteiger partial charge in [0.1, 0.15) is 18.7 Å². The van der Waals surface area contributed by atoms with Crippen LogP contribution < -0.4 is 14.8 Å². The summed E-state index contributed by atoms with van der Waals surface area (Å²) in [6.07, 6.45) is -0.742. The Balaban J connectivity index is 1.16. The molecule has 10 heteroatoms. The van der Waals surface area contributed by atoms with Crippen molar-refractivity contribution in [2.75, 3.05) is 39.3 Å². The van der Waals surface area contributed by atoms with E-state index in [4.69, 9.17) is 9.47 Å². The number of hydrogen-bond acceptors (Lipinski definition) is 6. The number of nitrogens with one attached hydrogen (secondary N) is 1. The number of urea groups is 1. The van der Waals surface area contributed by atoms with E-state index >= 15 is 0 Å². The van der Waals surface area contributed by atoms with Crippen LogP contribution >= 0.6 is 0 Å². The minimum absolute atomic E-state index is 0.126. The second kappa shape index (κ2) is 8.94. The molecule has 0 aromatic heterocycles. The lowest BCUT2D eigenvalue weighted by Gasteiger charge is -2.37. The summed E-state index contributed by atoms with van der Waals surface area (Å²) in [7, 11) is 0. The predicted octanol–water partition coefficient (Wildman–Crippen LogP) is 0.964. The van der Waals surface area contributed by atoms with E-state index < -0.39 is 23.6 Å². The van der Waals surface area contributed by atoms with Crippen molar-refractivity contribution in [1.29, 1.82) is 0 Å². The normalized spacial score (nSPS) is 23.8. The number of nitrogens with zero attached hydrogens (tertiary/aromatic N) is 3. The van der Waals surface area contributed by atoms with Gasteiger partial charge in [-0.2, -0.15) is 0 Å². The van der Waals surface area contributed by atoms with Gasteiger partial charge in [0.25, 0.3) is 11.8 Å². The van der Waals surface area contributed by atoms with Gasteiger partial charge in [-0.25, -0.2) is 4.79 Å². The highest BCUT2D eigenvalue weighted by Gasteiger charge is 2.49. The zero-order valence-corrected chi connectivity index (χ0v) is 19.3. The molecule has 2 atom stereocenters. The largest absolute Gasteiger partial charge is 0.485 e. The molecule has 0 saturated carbocycles. The van der Waals surface area contributed by atoms with E-state index in [1.807, 2.05) is 18.2 Å². The van der Waals surface area contributed by atoms with Crippen LogP contribution in [0.15, 0.2) is 54.6 Å². The zero-order valence-electron chi connectivity index (χ0n) is 19.3. The summed E-state index contributed by atoms with van der Waals surface area (Å²) >= 11 is 0. The Morgan fingerprint density at radius 3 is 2.29 bits per heavy atom. The van der Waals surface area contributed by atoms with E-state index in [1.54, 1.807) is 53.1 Å². The fourth-order valence-electron chi connectivity index (χ4n) is 4.56. The average molecular weight is 479 g/mol. The molecule has 0 radical (unpaired) electrons. The van der Waals surface area contributed by atoms with Crippen molar-refractivity contribution >= 4 is 23.8 Å². The molecule has 3 aliphatic heterocycles. The van der Waals surface area contributed by atoms with Gasteiger partial charge in [-0.3, -0.25) is 19.3 Å². The van der Waals surface area contributed by atoms with Crippen LogP contribution in [0.1, 0.15) is 12.5 Å². The average Bonchev–Trinajstić information content (AvgIpc) is 3.12. The molecule has 5 rings (SSSR count). The van der Waals surface area contributed by atoms with Crippen LogP contribution in [0.4, 0.5) is 4.79 Å². The lowest BCUT2D eigenvalue weighted by molar-refractivity contribution is -0.147. The summed E-state index contributed by atoms with van der Waals surface area (Å²) in [6, 6.07) is 15.5. The number of imide groups is 1. The van der Waals surface area contributed by atoms with Gasteiger partial charge >= 0.3 is 6.03 Å². The van der Waals surface area contributed by atoms with Crippen LogP contribution in [0.5, 0.6) is 11.5 Å². The topological polar surface area (TPSA) is 108 Å². The Morgan fingerprint density at radius 1 is 0.943 bits per heavy atom. The van der Waals surface area contributed by atoms with Crippen molar-refractivity contribution in [1.82, 2.24) is 20.0 Å². The Morgan fingerprint density at radius 2 is 1.57 bits per heavy atom. The zero-order chi connectivity index (χ0) is 24.6. The van der Waals surface area contributed by atoms with Gasteiger partial charge in [0, 0.05) is 26.2 Å². The maximum absolute atomic E-state index is 13.1. The number of carbonyl (C=O) groups excluding carboxylic acids is 4. The van der Waals surface area contributed by atoms with Crippen LogP contribution in [0, 0.1) is 0 Å². The summed E-state index contributed by atoms with van der Waals surface area (Å²) in [5.41, 5.74) is -0.568. The van der Waals surface area contributed by atoms with E-state index in [1.165, 1.54) is 0 Å². The molecular weight excluding hydrogens is 452 g/mol. The van der Waals surface area contributed by atoms with Crippen molar-refractivity contribution in [3.05, 3.63) is 60.2 Å². The Labute approximate surface area is 202 Å². The minimum Gasteiger partial charge on any atom is -0.485 e. The Bertz CT molecular complexity index is 1160. The second-order valence-electron chi connectivity index (χ2n) is 8.88. The first-order chi connectivity index (χ1) is 16.9. The predicted molar refractivity (Wildman–Crippen MR) is 124 cm³/mol. The minimum atomic E-state index is -1.22. The van der Waals surface area contributed by atoms with Crippen molar-refractivity contribution in [3.8, 4) is 11.5 Å². The van der Waals surface area contributed by atoms with Crippen molar-refractivity contribution in [2.45, 2.75) is 18.6 Å². The van der Waals surface area contributed by atoms with Gasteiger partial charge < -0.3 is 24.6 Å². The number of carbonyl (C=O) groups is 4. The van der Waals surface area contributed by atoms with E-state index in [0.29, 0.717) is 43.2 Å². The highest BCUT2D eigenvalue weighted by Crippen LogP contribution is 2.31. The van der Waals surface area contributed by atoms with Gasteiger partial charge in [-0.1, -0.05) is 42.5 Å². The van der Waals surface area contributed by atoms with Crippen LogP contribution in [-0.4, -0.2) is 83.9 Å². The second-order valence-corrected chi connectivity index (χ2v) is 8.88. The van der Waals surface area contributed by atoms with Crippen LogP contribution in [0.2, 0.25) is 0 Å². The molecule has 182 valence electrons. The van der Waals surface area contributed by atoms with E-state index in [-0.39, 0.29) is 25.0 Å². The number of amides is 5. The highest BCUT2D eigenvalue weighted by molar-refractivity contribution is 6.09. The molecule has 2 fully saturated rings. The lowest BCUT2D eigenvalue weighted by atomic mass is 9.92. The molecule has 3 aliphatic rings. The smallest absolute Gasteiger partial charge is 0.325 e. The van der Waals surface area contributed by atoms with Gasteiger partial charge in [0.15, 0.2) is 11.5 Å². The number of piperazine rings is 1. The molecule has 2 aromatic rings. The Hall–Kier alpha value is -4.08. The van der Waals surface area contributed by atoms with E-state index in [2.05, 4.69) is 5.32 Å².